The lowest BCUT2D eigenvalue weighted by molar-refractivity contribution is -0.118. The van der Waals surface area contributed by atoms with E-state index in [9.17, 15) is 9.59 Å². The van der Waals surface area contributed by atoms with Crippen LogP contribution in [0.25, 0.3) is 5.69 Å². The highest BCUT2D eigenvalue weighted by Crippen LogP contribution is 2.41. The maximum absolute atomic E-state index is 13.6. The van der Waals surface area contributed by atoms with E-state index in [0.29, 0.717) is 17.1 Å². The van der Waals surface area contributed by atoms with Crippen LogP contribution in [0.4, 0.5) is 5.82 Å². The number of methoxy groups -OCH3 is 1. The second kappa shape index (κ2) is 9.34. The van der Waals surface area contributed by atoms with E-state index in [1.807, 2.05) is 87.5 Å². The van der Waals surface area contributed by atoms with Gasteiger partial charge in [0.15, 0.2) is 0 Å². The van der Waals surface area contributed by atoms with Crippen LogP contribution in [0, 0.1) is 20.8 Å². The monoisotopic (exact) mass is 480 g/mol. The van der Waals surface area contributed by atoms with Crippen LogP contribution in [0.3, 0.4) is 0 Å². The van der Waals surface area contributed by atoms with Crippen molar-refractivity contribution in [2.45, 2.75) is 32.7 Å². The van der Waals surface area contributed by atoms with Crippen molar-refractivity contribution in [2.75, 3.05) is 12.4 Å². The van der Waals surface area contributed by atoms with Gasteiger partial charge >= 0.3 is 0 Å². The number of hydrogen-bond donors (Lipinski definition) is 2. The number of nitrogens with one attached hydrogen (secondary N) is 2. The first-order valence-electron chi connectivity index (χ1n) is 11.8. The summed E-state index contributed by atoms with van der Waals surface area (Å²) in [5.74, 6) is 0.211. The zero-order valence-electron chi connectivity index (χ0n) is 20.7. The van der Waals surface area contributed by atoms with Gasteiger partial charge in [-0.25, -0.2) is 4.68 Å². The molecule has 0 unspecified atom stereocenters. The third kappa shape index (κ3) is 4.24. The Balaban J connectivity index is 1.63. The van der Waals surface area contributed by atoms with Gasteiger partial charge in [-0.1, -0.05) is 47.5 Å². The van der Waals surface area contributed by atoms with E-state index < -0.39 is 12.0 Å². The predicted molar refractivity (Wildman–Crippen MR) is 139 cm³/mol. The molecule has 7 nitrogen and oxygen atoms in total. The molecule has 2 N–H and O–H groups in total. The molecular formula is C29H28N4O3. The standard InChI is InChI=1S/C29H28N4O3/c1-17-11-13-22(14-12-17)33-27-24(19(3)32-33)25(20-8-6-10-23(16-20)36-4)26(29(35)31-27)30-28(34)21-9-5-7-18(2)15-21/h5-16,25-26H,1-4H3,(H,30,34)(H,31,35)/t25-,26+/m1/s1. The van der Waals surface area contributed by atoms with Crippen molar-refractivity contribution in [1.29, 1.82) is 0 Å². The second-order valence-corrected chi connectivity index (χ2v) is 9.16. The largest absolute Gasteiger partial charge is 0.497 e. The number of amides is 2. The fourth-order valence-corrected chi connectivity index (χ4v) is 4.77. The molecule has 4 aromatic rings. The van der Waals surface area contributed by atoms with Gasteiger partial charge in [-0.2, -0.15) is 5.10 Å². The first-order chi connectivity index (χ1) is 17.4. The number of carbonyl (C=O) groups is 2. The van der Waals surface area contributed by atoms with Crippen molar-refractivity contribution < 1.29 is 14.3 Å². The minimum atomic E-state index is -0.841. The third-order valence-electron chi connectivity index (χ3n) is 6.57. The van der Waals surface area contributed by atoms with Gasteiger partial charge in [-0.3, -0.25) is 9.59 Å². The van der Waals surface area contributed by atoms with Crippen LogP contribution in [0.1, 0.15) is 44.2 Å². The Bertz CT molecular complexity index is 1460. The number of benzene rings is 3. The first-order valence-corrected chi connectivity index (χ1v) is 11.8. The van der Waals surface area contributed by atoms with Gasteiger partial charge in [0.1, 0.15) is 17.6 Å². The van der Waals surface area contributed by atoms with Gasteiger partial charge in [-0.05, 0) is 62.7 Å². The molecule has 1 aliphatic rings. The molecule has 0 saturated heterocycles. The Morgan fingerprint density at radius 2 is 1.72 bits per heavy atom. The lowest BCUT2D eigenvalue weighted by Gasteiger charge is -2.33. The van der Waals surface area contributed by atoms with E-state index in [4.69, 9.17) is 9.84 Å². The summed E-state index contributed by atoms with van der Waals surface area (Å²) < 4.78 is 7.22. The Morgan fingerprint density at radius 3 is 2.44 bits per heavy atom. The molecule has 182 valence electrons. The minimum Gasteiger partial charge on any atom is -0.497 e. The van der Waals surface area contributed by atoms with Crippen LogP contribution in [0.15, 0.2) is 72.8 Å². The summed E-state index contributed by atoms with van der Waals surface area (Å²) in [6.45, 7) is 5.88. The van der Waals surface area contributed by atoms with E-state index in [1.165, 1.54) is 0 Å². The van der Waals surface area contributed by atoms with Crippen LogP contribution in [0.5, 0.6) is 5.75 Å². The van der Waals surface area contributed by atoms with Crippen LogP contribution < -0.4 is 15.4 Å². The molecule has 1 aromatic heterocycles. The summed E-state index contributed by atoms with van der Waals surface area (Å²) in [6.07, 6.45) is 0. The molecule has 0 radical (unpaired) electrons. The molecule has 36 heavy (non-hydrogen) atoms. The Hall–Kier alpha value is -4.39. The molecule has 2 heterocycles. The number of nitrogens with zero attached hydrogens (tertiary/aromatic N) is 2. The number of rotatable bonds is 5. The van der Waals surface area contributed by atoms with Crippen LogP contribution in [-0.4, -0.2) is 34.7 Å². The van der Waals surface area contributed by atoms with Crippen LogP contribution in [-0.2, 0) is 4.79 Å². The van der Waals surface area contributed by atoms with E-state index in [-0.39, 0.29) is 11.8 Å². The van der Waals surface area contributed by atoms with Crippen LogP contribution >= 0.6 is 0 Å². The van der Waals surface area contributed by atoms with E-state index in [1.54, 1.807) is 17.9 Å². The molecule has 2 amide bonds. The van der Waals surface area contributed by atoms with Crippen molar-refractivity contribution >= 4 is 17.6 Å². The summed E-state index contributed by atoms with van der Waals surface area (Å²) in [6, 6.07) is 22.0. The normalized spacial score (nSPS) is 16.7. The number of hydrogen-bond acceptors (Lipinski definition) is 4. The fraction of sp³-hybridized carbons (Fsp3) is 0.207. The van der Waals surface area contributed by atoms with Crippen molar-refractivity contribution in [3.63, 3.8) is 0 Å². The van der Waals surface area contributed by atoms with Crippen molar-refractivity contribution in [3.8, 4) is 11.4 Å². The smallest absolute Gasteiger partial charge is 0.251 e. The van der Waals surface area contributed by atoms with Gasteiger partial charge < -0.3 is 15.4 Å². The Labute approximate surface area is 210 Å². The van der Waals surface area contributed by atoms with Crippen molar-refractivity contribution in [3.05, 3.63) is 106 Å². The van der Waals surface area contributed by atoms with Gasteiger partial charge in [0.25, 0.3) is 5.91 Å². The molecule has 7 heteroatoms. The van der Waals surface area contributed by atoms with E-state index in [2.05, 4.69) is 10.6 Å². The lowest BCUT2D eigenvalue weighted by Crippen LogP contribution is -2.50. The summed E-state index contributed by atoms with van der Waals surface area (Å²) in [5.41, 5.74) is 5.94. The van der Waals surface area contributed by atoms with Gasteiger partial charge in [0.2, 0.25) is 5.91 Å². The second-order valence-electron chi connectivity index (χ2n) is 9.16. The number of fused-ring (bicyclic) bond motifs is 1. The number of aromatic nitrogens is 2. The molecule has 2 atom stereocenters. The third-order valence-corrected chi connectivity index (χ3v) is 6.57. The predicted octanol–water partition coefficient (Wildman–Crippen LogP) is 4.69. The lowest BCUT2D eigenvalue weighted by atomic mass is 9.81. The quantitative estimate of drug-likeness (QED) is 0.434. The van der Waals surface area contributed by atoms with Gasteiger partial charge in [0.05, 0.1) is 18.5 Å². The Kier molecular flexibility index (Phi) is 6.06. The Morgan fingerprint density at radius 1 is 0.972 bits per heavy atom. The van der Waals surface area contributed by atoms with E-state index in [0.717, 1.165) is 33.6 Å². The molecule has 0 aliphatic carbocycles. The average Bonchev–Trinajstić information content (AvgIpc) is 3.20. The fourth-order valence-electron chi connectivity index (χ4n) is 4.77. The SMILES string of the molecule is COc1cccc([C@@H]2c3c(C)nn(-c4ccc(C)cc4)c3NC(=O)[C@H]2NC(=O)c2cccc(C)c2)c1. The van der Waals surface area contributed by atoms with Gasteiger partial charge in [0, 0.05) is 17.0 Å². The zero-order valence-corrected chi connectivity index (χ0v) is 20.7. The molecule has 3 aromatic carbocycles. The summed E-state index contributed by atoms with van der Waals surface area (Å²) in [5, 5.41) is 10.8. The summed E-state index contributed by atoms with van der Waals surface area (Å²) >= 11 is 0. The molecular weight excluding hydrogens is 452 g/mol. The number of aryl methyl sites for hydroxylation is 3. The highest BCUT2D eigenvalue weighted by atomic mass is 16.5. The molecule has 0 saturated carbocycles. The molecule has 5 rings (SSSR count). The minimum absolute atomic E-state index is 0.301. The topological polar surface area (TPSA) is 85.2 Å². The molecule has 1 aliphatic heterocycles. The number of carbonyl (C=O) groups excluding carboxylic acids is 2. The molecule has 0 spiro atoms. The number of anilines is 1. The van der Waals surface area contributed by atoms with Crippen LogP contribution in [0.2, 0.25) is 0 Å². The average molecular weight is 481 g/mol. The summed E-state index contributed by atoms with van der Waals surface area (Å²) in [7, 11) is 1.61. The van der Waals surface area contributed by atoms with Crippen molar-refractivity contribution in [2.24, 2.45) is 0 Å². The highest BCUT2D eigenvalue weighted by molar-refractivity contribution is 6.04. The number of ether oxygens (including phenoxy) is 1. The van der Waals surface area contributed by atoms with Crippen molar-refractivity contribution in [1.82, 2.24) is 15.1 Å². The molecule has 0 fully saturated rings. The maximum Gasteiger partial charge on any atom is 0.251 e. The summed E-state index contributed by atoms with van der Waals surface area (Å²) in [4.78, 5) is 26.8. The van der Waals surface area contributed by atoms with E-state index >= 15 is 0 Å². The maximum atomic E-state index is 13.6. The van der Waals surface area contributed by atoms with Gasteiger partial charge in [-0.15, -0.1) is 0 Å². The highest BCUT2D eigenvalue weighted by Gasteiger charge is 2.42. The first kappa shape index (κ1) is 23.4. The molecule has 0 bridgehead atoms. The zero-order chi connectivity index (χ0) is 25.4.